The van der Waals surface area contributed by atoms with E-state index in [0.29, 0.717) is 22.7 Å². The normalized spacial score (nSPS) is 15.9. The van der Waals surface area contributed by atoms with Crippen molar-refractivity contribution in [3.8, 4) is 0 Å². The van der Waals surface area contributed by atoms with E-state index in [1.807, 2.05) is 0 Å². The Bertz CT molecular complexity index is 494. The second-order valence-corrected chi connectivity index (χ2v) is 11.6. The maximum atomic E-state index is 4.22. The van der Waals surface area contributed by atoms with Crippen LogP contribution in [0.5, 0.6) is 0 Å². The van der Waals surface area contributed by atoms with Crippen LogP contribution < -0.4 is 0 Å². The van der Waals surface area contributed by atoms with Gasteiger partial charge in [-0.3, -0.25) is 0 Å². The summed E-state index contributed by atoms with van der Waals surface area (Å²) in [6.07, 6.45) is 16.1. The molecule has 0 amide bonds. The molecule has 0 bridgehead atoms. The Morgan fingerprint density at radius 3 is 1.70 bits per heavy atom. The molecule has 0 heterocycles. The number of allylic oxidation sites excluding steroid dienone is 5. The van der Waals surface area contributed by atoms with Crippen LogP contribution in [0, 0.1) is 33.5 Å². The van der Waals surface area contributed by atoms with Crippen LogP contribution in [0.3, 0.4) is 0 Å². The first kappa shape index (κ1) is 26.2. The third-order valence-corrected chi connectivity index (χ3v) is 7.64. The lowest BCUT2D eigenvalue weighted by atomic mass is 9.56. The van der Waals surface area contributed by atoms with Gasteiger partial charge in [0, 0.05) is 0 Å². The first-order chi connectivity index (χ1) is 12.1. The molecule has 0 spiro atoms. The van der Waals surface area contributed by atoms with E-state index >= 15 is 0 Å². The van der Waals surface area contributed by atoms with Gasteiger partial charge in [0.15, 0.2) is 0 Å². The van der Waals surface area contributed by atoms with Gasteiger partial charge in [-0.05, 0) is 66.1 Å². The Morgan fingerprint density at radius 2 is 1.26 bits per heavy atom. The maximum Gasteiger partial charge on any atom is -0.0174 e. The number of hydrogen-bond donors (Lipinski definition) is 0. The molecule has 0 aliphatic rings. The minimum atomic E-state index is 0.200. The third kappa shape index (κ3) is 8.00. The van der Waals surface area contributed by atoms with Gasteiger partial charge in [-0.15, -0.1) is 6.58 Å². The van der Waals surface area contributed by atoms with E-state index < -0.39 is 0 Å². The predicted molar refractivity (Wildman–Crippen MR) is 126 cm³/mol. The minimum absolute atomic E-state index is 0.200. The molecule has 0 radical (unpaired) electrons. The van der Waals surface area contributed by atoms with Gasteiger partial charge in [0.1, 0.15) is 0 Å². The van der Waals surface area contributed by atoms with Crippen LogP contribution in [0.1, 0.15) is 102 Å². The molecule has 0 saturated heterocycles. The maximum absolute atomic E-state index is 4.22. The molecule has 0 aliphatic carbocycles. The second kappa shape index (κ2) is 10.1. The molecule has 0 rings (SSSR count). The summed E-state index contributed by atoms with van der Waals surface area (Å²) in [7, 11) is 0. The van der Waals surface area contributed by atoms with Gasteiger partial charge < -0.3 is 0 Å². The highest BCUT2D eigenvalue weighted by Gasteiger charge is 2.43. The standard InChI is InChI=1S/C27H50/c1-13-15-18-24(5,6)19-16-17-20-26(9,10)27(11,12)23(14-2)21-25(7,8)22(3)4/h13-17,22-23H,2,18-21H2,1,3-12H3. The summed E-state index contributed by atoms with van der Waals surface area (Å²) in [6, 6.07) is 0. The summed E-state index contributed by atoms with van der Waals surface area (Å²) in [4.78, 5) is 0. The predicted octanol–water partition coefficient (Wildman–Crippen LogP) is 9.24. The smallest absolute Gasteiger partial charge is 0.0174 e. The highest BCUT2D eigenvalue weighted by molar-refractivity contribution is 5.03. The molecule has 0 aromatic rings. The van der Waals surface area contributed by atoms with Crippen LogP contribution in [0.15, 0.2) is 37.0 Å². The lowest BCUT2D eigenvalue weighted by Gasteiger charge is -2.48. The monoisotopic (exact) mass is 374 g/mol. The fraction of sp³-hybridized carbons (Fsp3) is 0.778. The zero-order chi connectivity index (χ0) is 21.5. The Morgan fingerprint density at radius 1 is 0.778 bits per heavy atom. The topological polar surface area (TPSA) is 0 Å². The Balaban J connectivity index is 5.13. The van der Waals surface area contributed by atoms with Crippen LogP contribution in [0.25, 0.3) is 0 Å². The van der Waals surface area contributed by atoms with E-state index in [4.69, 9.17) is 0 Å². The van der Waals surface area contributed by atoms with Crippen LogP contribution in [0.2, 0.25) is 0 Å². The summed E-state index contributed by atoms with van der Waals surface area (Å²) in [5.74, 6) is 1.20. The Hall–Kier alpha value is -0.780. The van der Waals surface area contributed by atoms with Gasteiger partial charge in [0.2, 0.25) is 0 Å². The number of hydrogen-bond acceptors (Lipinski definition) is 0. The highest BCUT2D eigenvalue weighted by atomic mass is 14.5. The van der Waals surface area contributed by atoms with Gasteiger partial charge in [-0.1, -0.05) is 99.6 Å². The van der Waals surface area contributed by atoms with Crippen molar-refractivity contribution in [2.45, 2.75) is 102 Å². The average Bonchev–Trinajstić information content (AvgIpc) is 2.54. The van der Waals surface area contributed by atoms with Crippen LogP contribution in [0.4, 0.5) is 0 Å². The fourth-order valence-corrected chi connectivity index (χ4v) is 3.50. The number of rotatable bonds is 12. The first-order valence-corrected chi connectivity index (χ1v) is 11.0. The quantitative estimate of drug-likeness (QED) is 0.298. The zero-order valence-corrected chi connectivity index (χ0v) is 20.6. The molecule has 0 heteroatoms. The van der Waals surface area contributed by atoms with Crippen molar-refractivity contribution in [3.63, 3.8) is 0 Å². The summed E-state index contributed by atoms with van der Waals surface area (Å²) in [5, 5.41) is 0. The van der Waals surface area contributed by atoms with Crippen molar-refractivity contribution < 1.29 is 0 Å². The fourth-order valence-electron chi connectivity index (χ4n) is 3.50. The molecule has 0 fully saturated rings. The van der Waals surface area contributed by atoms with Crippen LogP contribution in [-0.4, -0.2) is 0 Å². The van der Waals surface area contributed by atoms with Crippen LogP contribution in [-0.2, 0) is 0 Å². The largest absolute Gasteiger partial charge is 0.103 e. The zero-order valence-electron chi connectivity index (χ0n) is 20.6. The third-order valence-electron chi connectivity index (χ3n) is 7.64. The minimum Gasteiger partial charge on any atom is -0.103 e. The SMILES string of the molecule is C=CC(CC(C)(C)C(C)C)C(C)(C)C(C)(C)CC=CCC(C)(C)CC=CC. The Labute approximate surface area is 172 Å². The summed E-state index contributed by atoms with van der Waals surface area (Å²) >= 11 is 0. The highest BCUT2D eigenvalue weighted by Crippen LogP contribution is 2.51. The van der Waals surface area contributed by atoms with Crippen molar-refractivity contribution in [2.75, 3.05) is 0 Å². The van der Waals surface area contributed by atoms with Crippen molar-refractivity contribution in [2.24, 2.45) is 33.5 Å². The molecule has 0 N–H and O–H groups in total. The van der Waals surface area contributed by atoms with Crippen molar-refractivity contribution >= 4 is 0 Å². The lowest BCUT2D eigenvalue weighted by Crippen LogP contribution is -2.40. The Kier molecular flexibility index (Phi) is 9.84. The van der Waals surface area contributed by atoms with Crippen molar-refractivity contribution in [3.05, 3.63) is 37.0 Å². The molecule has 1 unspecified atom stereocenters. The van der Waals surface area contributed by atoms with E-state index in [-0.39, 0.29) is 10.8 Å². The molecule has 1 atom stereocenters. The van der Waals surface area contributed by atoms with Gasteiger partial charge in [-0.25, -0.2) is 0 Å². The molecular weight excluding hydrogens is 324 g/mol. The van der Waals surface area contributed by atoms with Crippen molar-refractivity contribution in [1.82, 2.24) is 0 Å². The van der Waals surface area contributed by atoms with Gasteiger partial charge in [-0.2, -0.15) is 0 Å². The molecule has 0 aromatic heterocycles. The van der Waals surface area contributed by atoms with Gasteiger partial charge in [0.05, 0.1) is 0 Å². The molecule has 0 aliphatic heterocycles. The lowest BCUT2D eigenvalue weighted by molar-refractivity contribution is 0.0320. The van der Waals surface area contributed by atoms with Crippen molar-refractivity contribution in [1.29, 1.82) is 0 Å². The molecular formula is C27H50. The summed E-state index contributed by atoms with van der Waals surface area (Å²) < 4.78 is 0. The molecule has 0 saturated carbocycles. The first-order valence-electron chi connectivity index (χ1n) is 11.0. The van der Waals surface area contributed by atoms with E-state index in [0.717, 1.165) is 19.3 Å². The summed E-state index contributed by atoms with van der Waals surface area (Å²) in [6.45, 7) is 30.3. The molecule has 27 heavy (non-hydrogen) atoms. The summed E-state index contributed by atoms with van der Waals surface area (Å²) in [5.41, 5.74) is 1.10. The van der Waals surface area contributed by atoms with E-state index in [1.165, 1.54) is 6.42 Å². The van der Waals surface area contributed by atoms with Gasteiger partial charge >= 0.3 is 0 Å². The molecule has 158 valence electrons. The van der Waals surface area contributed by atoms with Crippen LogP contribution >= 0.6 is 0 Å². The van der Waals surface area contributed by atoms with Gasteiger partial charge in [0.25, 0.3) is 0 Å². The van der Waals surface area contributed by atoms with E-state index in [9.17, 15) is 0 Å². The molecule has 0 nitrogen and oxygen atoms in total. The average molecular weight is 375 g/mol. The van der Waals surface area contributed by atoms with E-state index in [2.05, 4.69) is 113 Å². The molecule has 0 aromatic carbocycles. The van der Waals surface area contributed by atoms with E-state index in [1.54, 1.807) is 0 Å². The second-order valence-electron chi connectivity index (χ2n) is 11.6.